The third-order valence-electron chi connectivity index (χ3n) is 5.39. The lowest BCUT2D eigenvalue weighted by Gasteiger charge is -2.20. The van der Waals surface area contributed by atoms with Crippen LogP contribution in [-0.2, 0) is 0 Å². The van der Waals surface area contributed by atoms with E-state index < -0.39 is 0 Å². The molecule has 0 heterocycles. The highest BCUT2D eigenvalue weighted by Gasteiger charge is 2.59. The van der Waals surface area contributed by atoms with Crippen LogP contribution >= 0.6 is 63.7 Å². The minimum Gasteiger partial charge on any atom is -0.0878 e. The average Bonchev–Trinajstić information content (AvgIpc) is 3.16. The van der Waals surface area contributed by atoms with E-state index in [4.69, 9.17) is 0 Å². The van der Waals surface area contributed by atoms with Gasteiger partial charge in [-0.25, -0.2) is 0 Å². The van der Waals surface area contributed by atoms with Crippen LogP contribution in [0.25, 0.3) is 0 Å². The summed E-state index contributed by atoms with van der Waals surface area (Å²) in [5.74, 6) is 3.75. The SMILES string of the molecule is Br[C@H]1CC2C(=C3C4C[C@H](Br)[C@@H](Br)CC34)C2C[C@@H]1Br. The molecule has 0 bridgehead atoms. The monoisotopic (exact) mass is 500 g/mol. The van der Waals surface area contributed by atoms with Crippen LogP contribution in [-0.4, -0.2) is 19.3 Å². The molecule has 0 aromatic carbocycles. The molecule has 4 heteroatoms. The molecule has 0 amide bonds. The highest BCUT2D eigenvalue weighted by Crippen LogP contribution is 2.68. The van der Waals surface area contributed by atoms with Gasteiger partial charge in [0.05, 0.1) is 0 Å². The van der Waals surface area contributed by atoms with E-state index in [-0.39, 0.29) is 0 Å². The number of fused-ring (bicyclic) bond motifs is 2. The van der Waals surface area contributed by atoms with Crippen LogP contribution in [0.3, 0.4) is 0 Å². The number of hydrogen-bond acceptors (Lipinski definition) is 0. The van der Waals surface area contributed by atoms with Crippen molar-refractivity contribution in [3.8, 4) is 0 Å². The summed E-state index contributed by atoms with van der Waals surface area (Å²) in [5.41, 5.74) is 3.77. The largest absolute Gasteiger partial charge is 0.0878 e. The maximum atomic E-state index is 3.83. The van der Waals surface area contributed by atoms with Crippen LogP contribution in [0, 0.1) is 23.7 Å². The summed E-state index contributed by atoms with van der Waals surface area (Å²) in [6.07, 6.45) is 5.42. The Bertz CT molecular complexity index is 344. The van der Waals surface area contributed by atoms with Crippen molar-refractivity contribution in [1.82, 2.24) is 0 Å². The van der Waals surface area contributed by atoms with Crippen molar-refractivity contribution in [2.75, 3.05) is 0 Å². The molecule has 100 valence electrons. The molecule has 8 atom stereocenters. The predicted octanol–water partition coefficient (Wildman–Crippen LogP) is 5.42. The summed E-state index contributed by atoms with van der Waals surface area (Å²) >= 11 is 15.3. The third kappa shape index (κ3) is 1.99. The van der Waals surface area contributed by atoms with Gasteiger partial charge in [-0.2, -0.15) is 0 Å². The van der Waals surface area contributed by atoms with Crippen LogP contribution in [0.5, 0.6) is 0 Å². The van der Waals surface area contributed by atoms with E-state index in [1.165, 1.54) is 25.7 Å². The van der Waals surface area contributed by atoms with Crippen LogP contribution < -0.4 is 0 Å². The highest BCUT2D eigenvalue weighted by atomic mass is 79.9. The van der Waals surface area contributed by atoms with Crippen LogP contribution in [0.1, 0.15) is 25.7 Å². The van der Waals surface area contributed by atoms with Gasteiger partial charge in [0.2, 0.25) is 0 Å². The molecular weight excluding hydrogens is 488 g/mol. The highest BCUT2D eigenvalue weighted by molar-refractivity contribution is 9.12. The first-order valence-electron chi connectivity index (χ1n) is 6.88. The number of hydrogen-bond donors (Lipinski definition) is 0. The van der Waals surface area contributed by atoms with Gasteiger partial charge in [0, 0.05) is 19.3 Å². The molecule has 0 aliphatic heterocycles. The number of allylic oxidation sites excluding steroid dienone is 2. The zero-order valence-electron chi connectivity index (χ0n) is 9.96. The van der Waals surface area contributed by atoms with Gasteiger partial charge in [-0.05, 0) is 49.4 Å². The molecule has 18 heavy (non-hydrogen) atoms. The Morgan fingerprint density at radius 2 is 0.722 bits per heavy atom. The first kappa shape index (κ1) is 13.3. The fourth-order valence-electron chi connectivity index (χ4n) is 4.34. The average molecular weight is 504 g/mol. The smallest absolute Gasteiger partial charge is 0.0277 e. The molecule has 0 saturated heterocycles. The van der Waals surface area contributed by atoms with Gasteiger partial charge >= 0.3 is 0 Å². The van der Waals surface area contributed by atoms with E-state index in [0.29, 0.717) is 19.3 Å². The van der Waals surface area contributed by atoms with Crippen molar-refractivity contribution in [3.63, 3.8) is 0 Å². The van der Waals surface area contributed by atoms with Crippen molar-refractivity contribution in [1.29, 1.82) is 0 Å². The molecule has 0 N–H and O–H groups in total. The molecule has 0 nitrogen and oxygen atoms in total. The molecule has 0 spiro atoms. The maximum absolute atomic E-state index is 3.83. The molecular formula is C14H16Br4. The van der Waals surface area contributed by atoms with Crippen molar-refractivity contribution in [3.05, 3.63) is 11.1 Å². The Morgan fingerprint density at radius 3 is 0.944 bits per heavy atom. The minimum absolute atomic E-state index is 0.686. The summed E-state index contributed by atoms with van der Waals surface area (Å²) in [7, 11) is 0. The predicted molar refractivity (Wildman–Crippen MR) is 90.3 cm³/mol. The molecule has 0 aromatic heterocycles. The Kier molecular flexibility index (Phi) is 3.39. The Morgan fingerprint density at radius 1 is 0.500 bits per heavy atom. The fourth-order valence-corrected chi connectivity index (χ4v) is 6.81. The summed E-state index contributed by atoms with van der Waals surface area (Å²) in [5, 5.41) is 0. The first-order chi connectivity index (χ1) is 8.58. The van der Waals surface area contributed by atoms with E-state index in [1.807, 2.05) is 11.1 Å². The number of halogens is 4. The van der Waals surface area contributed by atoms with Gasteiger partial charge in [0.1, 0.15) is 0 Å². The summed E-state index contributed by atoms with van der Waals surface area (Å²) in [6, 6.07) is 0. The van der Waals surface area contributed by atoms with Crippen molar-refractivity contribution >= 4 is 63.7 Å². The van der Waals surface area contributed by atoms with Crippen LogP contribution in [0.2, 0.25) is 0 Å². The van der Waals surface area contributed by atoms with Gasteiger partial charge in [0.15, 0.2) is 0 Å². The first-order valence-corrected chi connectivity index (χ1v) is 10.5. The second-order valence-corrected chi connectivity index (χ2v) is 11.0. The summed E-state index contributed by atoms with van der Waals surface area (Å²) in [4.78, 5) is 2.74. The Hall–Kier alpha value is 1.66. The molecule has 4 aliphatic carbocycles. The molecule has 4 saturated carbocycles. The minimum atomic E-state index is 0.686. The summed E-state index contributed by atoms with van der Waals surface area (Å²) < 4.78 is 0. The van der Waals surface area contributed by atoms with Gasteiger partial charge in [0.25, 0.3) is 0 Å². The fraction of sp³-hybridized carbons (Fsp3) is 0.857. The van der Waals surface area contributed by atoms with E-state index >= 15 is 0 Å². The molecule has 0 aromatic rings. The lowest BCUT2D eigenvalue weighted by molar-refractivity contribution is 0.512. The van der Waals surface area contributed by atoms with Gasteiger partial charge in [-0.3, -0.25) is 0 Å². The molecule has 4 rings (SSSR count). The van der Waals surface area contributed by atoms with Gasteiger partial charge < -0.3 is 0 Å². The van der Waals surface area contributed by atoms with E-state index in [0.717, 1.165) is 23.7 Å². The number of alkyl halides is 4. The van der Waals surface area contributed by atoms with Gasteiger partial charge in [-0.15, -0.1) is 0 Å². The van der Waals surface area contributed by atoms with Crippen molar-refractivity contribution in [2.24, 2.45) is 23.7 Å². The van der Waals surface area contributed by atoms with Crippen molar-refractivity contribution < 1.29 is 0 Å². The van der Waals surface area contributed by atoms with Crippen molar-refractivity contribution in [2.45, 2.75) is 45.0 Å². The topological polar surface area (TPSA) is 0 Å². The maximum Gasteiger partial charge on any atom is 0.0277 e. The summed E-state index contributed by atoms with van der Waals surface area (Å²) in [6.45, 7) is 0. The standard InChI is InChI=1S/C14H16Br4/c15-9-1-5-6(2-10(9)16)13(5)14-7-3-11(17)12(18)4-8(7)14/h5-12H,1-4H2/t5?,6?,7?,8?,9-,10-,11-,12-/m0/s1. The zero-order chi connectivity index (χ0) is 12.6. The number of rotatable bonds is 0. The second-order valence-electron chi connectivity index (χ2n) is 6.34. The Balaban J connectivity index is 1.55. The molecule has 0 radical (unpaired) electrons. The van der Waals surface area contributed by atoms with Gasteiger partial charge in [-0.1, -0.05) is 74.9 Å². The molecule has 4 fully saturated rings. The van der Waals surface area contributed by atoms with Crippen LogP contribution in [0.4, 0.5) is 0 Å². The van der Waals surface area contributed by atoms with E-state index in [9.17, 15) is 0 Å². The normalized spacial score (nSPS) is 58.0. The van der Waals surface area contributed by atoms with Crippen LogP contribution in [0.15, 0.2) is 11.1 Å². The molecule has 4 unspecified atom stereocenters. The quantitative estimate of drug-likeness (QED) is 0.306. The second kappa shape index (κ2) is 4.58. The van der Waals surface area contributed by atoms with E-state index in [2.05, 4.69) is 63.7 Å². The van der Waals surface area contributed by atoms with E-state index in [1.54, 1.807) is 0 Å². The lowest BCUT2D eigenvalue weighted by atomic mass is 10.0. The lowest BCUT2D eigenvalue weighted by Crippen LogP contribution is -2.20. The third-order valence-corrected chi connectivity index (χ3v) is 10.9. The zero-order valence-corrected chi connectivity index (χ0v) is 16.3. The Labute approximate surface area is 142 Å². The molecule has 4 aliphatic rings.